The fourth-order valence-electron chi connectivity index (χ4n) is 3.22. The molecule has 0 saturated carbocycles. The number of hydrogen-bond donors (Lipinski definition) is 0. The van der Waals surface area contributed by atoms with Gasteiger partial charge in [0.25, 0.3) is 5.56 Å². The van der Waals surface area contributed by atoms with E-state index in [-0.39, 0.29) is 5.56 Å². The minimum Gasteiger partial charge on any atom is -0.493 e. The highest BCUT2D eigenvalue weighted by atomic mass is 16.5. The van der Waals surface area contributed by atoms with Crippen molar-refractivity contribution < 1.29 is 9.47 Å². The highest BCUT2D eigenvalue weighted by molar-refractivity contribution is 5.81. The minimum absolute atomic E-state index is 0.250. The summed E-state index contributed by atoms with van der Waals surface area (Å²) in [6, 6.07) is 22.5. The largest absolute Gasteiger partial charge is 0.493 e. The number of aromatic nitrogens is 2. The topological polar surface area (TPSA) is 65.7 Å². The molecule has 0 aliphatic carbocycles. The molecule has 0 radical (unpaired) electrons. The van der Waals surface area contributed by atoms with Crippen molar-refractivity contribution in [3.05, 3.63) is 94.8 Å². The highest BCUT2D eigenvalue weighted by Gasteiger charge is 2.14. The molecule has 0 N–H and O–H groups in total. The normalized spacial score (nSPS) is 11.4. The number of methoxy groups -OCH3 is 2. The number of nitrogens with zero attached hydrogens (tertiary/aromatic N) is 3. The van der Waals surface area contributed by atoms with Gasteiger partial charge in [0.1, 0.15) is 0 Å². The van der Waals surface area contributed by atoms with E-state index >= 15 is 0 Å². The zero-order valence-electron chi connectivity index (χ0n) is 17.2. The van der Waals surface area contributed by atoms with Gasteiger partial charge in [-0.2, -0.15) is 9.78 Å². The third-order valence-corrected chi connectivity index (χ3v) is 4.75. The van der Waals surface area contributed by atoms with Gasteiger partial charge in [0.05, 0.1) is 25.1 Å². The predicted octanol–water partition coefficient (Wildman–Crippen LogP) is 4.63. The van der Waals surface area contributed by atoms with Crippen LogP contribution in [-0.2, 0) is 0 Å². The summed E-state index contributed by atoms with van der Waals surface area (Å²) in [5.41, 5.74) is 2.08. The Morgan fingerprint density at radius 3 is 2.42 bits per heavy atom. The second kappa shape index (κ2) is 9.09. The van der Waals surface area contributed by atoms with Crippen LogP contribution in [-0.4, -0.2) is 30.1 Å². The van der Waals surface area contributed by atoms with Gasteiger partial charge >= 0.3 is 0 Å². The molecule has 6 heteroatoms. The quantitative estimate of drug-likeness (QED) is 0.434. The molecule has 0 unspecified atom stereocenters. The van der Waals surface area contributed by atoms with Crippen LogP contribution in [0.15, 0.2) is 88.8 Å². The van der Waals surface area contributed by atoms with Gasteiger partial charge in [-0.1, -0.05) is 48.5 Å². The molecule has 0 spiro atoms. The van der Waals surface area contributed by atoms with Crippen LogP contribution in [0.5, 0.6) is 11.5 Å². The molecule has 1 aromatic heterocycles. The van der Waals surface area contributed by atoms with E-state index in [1.54, 1.807) is 44.7 Å². The lowest BCUT2D eigenvalue weighted by molar-refractivity contribution is 0.355. The van der Waals surface area contributed by atoms with E-state index in [4.69, 9.17) is 14.5 Å². The van der Waals surface area contributed by atoms with E-state index in [1.165, 1.54) is 4.68 Å². The number of rotatable bonds is 6. The maximum atomic E-state index is 13.2. The SMILES string of the molecule is COc1ccc(-c2nc3ccccc3c(=O)n2/N=C/C=C/c2ccccc2)cc1OC. The first-order valence-electron chi connectivity index (χ1n) is 9.71. The molecule has 6 nitrogen and oxygen atoms in total. The average molecular weight is 411 g/mol. The molecule has 4 rings (SSSR count). The molecule has 0 amide bonds. The number of benzene rings is 3. The summed E-state index contributed by atoms with van der Waals surface area (Å²) in [6.45, 7) is 0. The Morgan fingerprint density at radius 1 is 0.903 bits per heavy atom. The monoisotopic (exact) mass is 411 g/mol. The molecule has 154 valence electrons. The van der Waals surface area contributed by atoms with Crippen molar-refractivity contribution in [3.8, 4) is 22.9 Å². The number of para-hydroxylation sites is 1. The van der Waals surface area contributed by atoms with Gasteiger partial charge in [0, 0.05) is 11.8 Å². The van der Waals surface area contributed by atoms with Crippen LogP contribution in [0.25, 0.3) is 28.4 Å². The first kappa shape index (κ1) is 20.1. The summed E-state index contributed by atoms with van der Waals surface area (Å²) in [5, 5.41) is 4.90. The van der Waals surface area contributed by atoms with Crippen molar-refractivity contribution in [1.29, 1.82) is 0 Å². The van der Waals surface area contributed by atoms with Gasteiger partial charge in [-0.3, -0.25) is 4.79 Å². The van der Waals surface area contributed by atoms with Crippen molar-refractivity contribution in [2.75, 3.05) is 14.2 Å². The number of fused-ring (bicyclic) bond motifs is 1. The molecule has 31 heavy (non-hydrogen) atoms. The molecule has 0 aliphatic heterocycles. The third-order valence-electron chi connectivity index (χ3n) is 4.75. The lowest BCUT2D eigenvalue weighted by Crippen LogP contribution is -2.20. The van der Waals surface area contributed by atoms with E-state index in [0.29, 0.717) is 33.8 Å². The summed E-state index contributed by atoms with van der Waals surface area (Å²) >= 11 is 0. The zero-order valence-corrected chi connectivity index (χ0v) is 17.2. The van der Waals surface area contributed by atoms with Crippen LogP contribution in [0.4, 0.5) is 0 Å². The van der Waals surface area contributed by atoms with Crippen molar-refractivity contribution in [3.63, 3.8) is 0 Å². The summed E-state index contributed by atoms with van der Waals surface area (Å²) in [6.07, 6.45) is 5.28. The molecule has 0 atom stereocenters. The van der Waals surface area contributed by atoms with Crippen molar-refractivity contribution >= 4 is 23.2 Å². The summed E-state index contributed by atoms with van der Waals surface area (Å²) in [4.78, 5) is 17.9. The van der Waals surface area contributed by atoms with Crippen LogP contribution in [0.2, 0.25) is 0 Å². The van der Waals surface area contributed by atoms with Gasteiger partial charge in [-0.15, -0.1) is 0 Å². The molecule has 0 fully saturated rings. The number of hydrogen-bond acceptors (Lipinski definition) is 5. The number of allylic oxidation sites excluding steroid dienone is 1. The average Bonchev–Trinajstić information content (AvgIpc) is 2.83. The molecule has 0 bridgehead atoms. The van der Waals surface area contributed by atoms with E-state index < -0.39 is 0 Å². The molecule has 3 aromatic carbocycles. The second-order valence-corrected chi connectivity index (χ2v) is 6.67. The molecule has 4 aromatic rings. The van der Waals surface area contributed by atoms with Crippen molar-refractivity contribution in [2.24, 2.45) is 5.10 Å². The van der Waals surface area contributed by atoms with E-state index in [1.807, 2.05) is 60.7 Å². The molecule has 1 heterocycles. The Kier molecular flexibility index (Phi) is 5.89. The third kappa shape index (κ3) is 4.23. The summed E-state index contributed by atoms with van der Waals surface area (Å²) < 4.78 is 12.0. The van der Waals surface area contributed by atoms with Gasteiger partial charge in [0.2, 0.25) is 0 Å². The van der Waals surface area contributed by atoms with Gasteiger partial charge in [0.15, 0.2) is 17.3 Å². The molecular formula is C25H21N3O3. The summed E-state index contributed by atoms with van der Waals surface area (Å²) in [5.74, 6) is 1.55. The van der Waals surface area contributed by atoms with Crippen molar-refractivity contribution in [2.45, 2.75) is 0 Å². The van der Waals surface area contributed by atoms with E-state index in [0.717, 1.165) is 5.56 Å². The van der Waals surface area contributed by atoms with Crippen LogP contribution in [0.3, 0.4) is 0 Å². The van der Waals surface area contributed by atoms with E-state index in [2.05, 4.69) is 5.10 Å². The fraction of sp³-hybridized carbons (Fsp3) is 0.0800. The van der Waals surface area contributed by atoms with Crippen LogP contribution in [0.1, 0.15) is 5.56 Å². The molecule has 0 saturated heterocycles. The number of ether oxygens (including phenoxy) is 2. The van der Waals surface area contributed by atoms with E-state index in [9.17, 15) is 4.79 Å². The highest BCUT2D eigenvalue weighted by Crippen LogP contribution is 2.31. The lowest BCUT2D eigenvalue weighted by atomic mass is 10.1. The smallest absolute Gasteiger partial charge is 0.282 e. The van der Waals surface area contributed by atoms with Crippen molar-refractivity contribution in [1.82, 2.24) is 9.66 Å². The molecular weight excluding hydrogens is 390 g/mol. The Balaban J connectivity index is 1.83. The Bertz CT molecular complexity index is 1330. The van der Waals surface area contributed by atoms with Crippen LogP contribution >= 0.6 is 0 Å². The Labute approximate surface area is 179 Å². The summed E-state index contributed by atoms with van der Waals surface area (Å²) in [7, 11) is 3.14. The Morgan fingerprint density at radius 2 is 1.65 bits per heavy atom. The van der Waals surface area contributed by atoms with Crippen LogP contribution < -0.4 is 15.0 Å². The first-order valence-corrected chi connectivity index (χ1v) is 9.71. The second-order valence-electron chi connectivity index (χ2n) is 6.67. The standard InChI is InChI=1S/C25H21N3O3/c1-30-22-15-14-19(17-23(22)31-2)24-27-21-13-7-6-12-20(21)25(29)28(24)26-16-8-11-18-9-4-3-5-10-18/h3-17H,1-2H3/b11-8+,26-16+. The predicted molar refractivity (Wildman–Crippen MR) is 124 cm³/mol. The zero-order chi connectivity index (χ0) is 21.6. The minimum atomic E-state index is -0.250. The van der Waals surface area contributed by atoms with Gasteiger partial charge in [-0.05, 0) is 42.0 Å². The maximum absolute atomic E-state index is 13.2. The van der Waals surface area contributed by atoms with Crippen LogP contribution in [0, 0.1) is 0 Å². The van der Waals surface area contributed by atoms with Gasteiger partial charge in [-0.25, -0.2) is 4.98 Å². The Hall–Kier alpha value is -4.19. The fourth-order valence-corrected chi connectivity index (χ4v) is 3.22. The molecule has 0 aliphatic rings. The van der Waals surface area contributed by atoms with Gasteiger partial charge < -0.3 is 9.47 Å². The lowest BCUT2D eigenvalue weighted by Gasteiger charge is -2.12. The first-order chi connectivity index (χ1) is 15.2. The maximum Gasteiger partial charge on any atom is 0.282 e.